The van der Waals surface area contributed by atoms with Crippen molar-refractivity contribution >= 4 is 35.2 Å². The Bertz CT molecular complexity index is 1940. The zero-order chi connectivity index (χ0) is 35.5. The monoisotopic (exact) mass is 676 g/mol. The summed E-state index contributed by atoms with van der Waals surface area (Å²) >= 11 is 0. The molecule has 12 heteroatoms. The predicted molar refractivity (Wildman–Crippen MR) is 189 cm³/mol. The topological polar surface area (TPSA) is 170 Å². The number of esters is 1. The summed E-state index contributed by atoms with van der Waals surface area (Å²) in [4.78, 5) is 42.9. The molecule has 0 radical (unpaired) electrons. The second-order valence-electron chi connectivity index (χ2n) is 11.8. The number of benzene rings is 4. The molecule has 0 spiro atoms. The van der Waals surface area contributed by atoms with E-state index in [1.165, 1.54) is 13.3 Å². The molecule has 50 heavy (non-hydrogen) atoms. The second kappa shape index (κ2) is 16.9. The van der Waals surface area contributed by atoms with Crippen LogP contribution in [0.1, 0.15) is 50.0 Å². The molecule has 0 fully saturated rings. The number of methoxy groups -OCH3 is 1. The fraction of sp³-hybridized carbons (Fsp3) is 0.237. The maximum absolute atomic E-state index is 13.3. The number of carbonyl (C=O) groups is 3. The highest BCUT2D eigenvalue weighted by Crippen LogP contribution is 2.20. The predicted octanol–water partition coefficient (Wildman–Crippen LogP) is 4.76. The highest BCUT2D eigenvalue weighted by molar-refractivity contribution is 5.99. The number of fused-ring (bicyclic) bond motifs is 1. The molecule has 4 aromatic carbocycles. The highest BCUT2D eigenvalue weighted by Gasteiger charge is 2.23. The van der Waals surface area contributed by atoms with Gasteiger partial charge in [0.05, 0.1) is 30.4 Å². The van der Waals surface area contributed by atoms with Crippen LogP contribution in [0.2, 0.25) is 0 Å². The summed E-state index contributed by atoms with van der Waals surface area (Å²) in [6.07, 6.45) is 2.38. The summed E-state index contributed by atoms with van der Waals surface area (Å²) in [6.45, 7) is 0.452. The van der Waals surface area contributed by atoms with Gasteiger partial charge in [0.25, 0.3) is 5.91 Å². The lowest BCUT2D eigenvalue weighted by molar-refractivity contribution is -0.142. The Kier molecular flexibility index (Phi) is 11.9. The first kappa shape index (κ1) is 35.3. The molecule has 0 bridgehead atoms. The van der Waals surface area contributed by atoms with E-state index in [1.54, 1.807) is 12.1 Å². The number of carbonyl (C=O) groups excluding carboxylic acids is 3. The summed E-state index contributed by atoms with van der Waals surface area (Å²) in [5.74, 6) is -0.127. The van der Waals surface area contributed by atoms with Gasteiger partial charge in [-0.15, -0.1) is 5.16 Å². The van der Waals surface area contributed by atoms with E-state index in [1.807, 2.05) is 96.5 Å². The second-order valence-corrected chi connectivity index (χ2v) is 11.8. The first-order chi connectivity index (χ1) is 24.2. The van der Waals surface area contributed by atoms with Gasteiger partial charge in [-0.05, 0) is 52.4 Å². The SMILES string of the molecule is COC(=O)C(Cc1ccc(CNC(=O)OCc2ccccc2)cc1)NC(=O)c1ccc2c(c1)nc(CCc1ccc(C(N)/C=N\O)cc1)n2C. The molecule has 0 aliphatic heterocycles. The Morgan fingerprint density at radius 1 is 0.920 bits per heavy atom. The highest BCUT2D eigenvalue weighted by atomic mass is 16.5. The third-order valence-corrected chi connectivity index (χ3v) is 8.37. The van der Waals surface area contributed by atoms with Crippen LogP contribution < -0.4 is 16.4 Å². The molecule has 12 nitrogen and oxygen atoms in total. The minimum Gasteiger partial charge on any atom is -0.467 e. The summed E-state index contributed by atoms with van der Waals surface area (Å²) < 4.78 is 12.2. The summed E-state index contributed by atoms with van der Waals surface area (Å²) in [7, 11) is 3.22. The molecular weight excluding hydrogens is 636 g/mol. The third-order valence-electron chi connectivity index (χ3n) is 8.37. The van der Waals surface area contributed by atoms with Gasteiger partial charge in [-0.25, -0.2) is 14.6 Å². The number of imidazole rings is 1. The van der Waals surface area contributed by atoms with Gasteiger partial charge in [0.1, 0.15) is 18.5 Å². The number of aryl methyl sites for hydroxylation is 3. The normalized spacial score (nSPS) is 12.4. The standard InChI is InChI=1S/C38H40N6O6/c1-44-34-18-17-30(21-32(34)42-35(44)19-14-25-12-15-29(16-13-25)31(39)23-41-48)36(45)43-33(37(46)49-2)20-26-8-10-27(11-9-26)22-40-38(47)50-24-28-6-4-3-5-7-28/h3-13,15-18,21,23,31,33,48H,14,19-20,22,24,39H2,1-2H3,(H,40,47)(H,43,45)/b41-23-. The molecule has 5 aromatic rings. The van der Waals surface area contributed by atoms with Crippen LogP contribution in [0.25, 0.3) is 11.0 Å². The molecule has 0 aliphatic carbocycles. The molecule has 2 amide bonds. The van der Waals surface area contributed by atoms with E-state index in [0.29, 0.717) is 17.5 Å². The smallest absolute Gasteiger partial charge is 0.407 e. The summed E-state index contributed by atoms with van der Waals surface area (Å²) in [6, 6.07) is 28.4. The van der Waals surface area contributed by atoms with Crippen LogP contribution >= 0.6 is 0 Å². The zero-order valence-electron chi connectivity index (χ0n) is 27.9. The van der Waals surface area contributed by atoms with E-state index in [-0.39, 0.29) is 19.6 Å². The van der Waals surface area contributed by atoms with E-state index in [9.17, 15) is 14.4 Å². The Morgan fingerprint density at radius 2 is 1.62 bits per heavy atom. The zero-order valence-corrected chi connectivity index (χ0v) is 27.9. The van der Waals surface area contributed by atoms with Crippen LogP contribution in [0.3, 0.4) is 0 Å². The average Bonchev–Trinajstić information content (AvgIpc) is 3.46. The van der Waals surface area contributed by atoms with Crippen molar-refractivity contribution in [2.45, 2.75) is 44.5 Å². The first-order valence-corrected chi connectivity index (χ1v) is 16.1. The maximum Gasteiger partial charge on any atom is 0.407 e. The molecule has 5 rings (SSSR count). The number of hydrogen-bond acceptors (Lipinski definition) is 9. The van der Waals surface area contributed by atoms with Gasteiger partial charge in [-0.1, -0.05) is 78.9 Å². The van der Waals surface area contributed by atoms with Gasteiger partial charge in [0, 0.05) is 32.0 Å². The lowest BCUT2D eigenvalue weighted by Crippen LogP contribution is -2.43. The van der Waals surface area contributed by atoms with E-state index < -0.39 is 30.1 Å². The quantitative estimate of drug-likeness (QED) is 0.0565. The van der Waals surface area contributed by atoms with Crippen molar-refractivity contribution in [3.8, 4) is 0 Å². The molecule has 0 aliphatic rings. The maximum atomic E-state index is 13.3. The average molecular weight is 677 g/mol. The van der Waals surface area contributed by atoms with Crippen molar-refractivity contribution in [3.63, 3.8) is 0 Å². The number of rotatable bonds is 14. The number of ether oxygens (including phenoxy) is 2. The van der Waals surface area contributed by atoms with Crippen LogP contribution in [0, 0.1) is 0 Å². The number of nitrogens with one attached hydrogen (secondary N) is 2. The van der Waals surface area contributed by atoms with Gasteiger partial charge in [0.2, 0.25) is 0 Å². The number of hydrogen-bond donors (Lipinski definition) is 4. The van der Waals surface area contributed by atoms with Crippen molar-refractivity contribution < 1.29 is 29.1 Å². The molecule has 5 N–H and O–H groups in total. The summed E-state index contributed by atoms with van der Waals surface area (Å²) in [5.41, 5.74) is 12.4. The molecule has 0 saturated heterocycles. The Morgan fingerprint density at radius 3 is 2.32 bits per heavy atom. The Hall–Kier alpha value is -6.01. The number of nitrogens with two attached hydrogens (primary N) is 1. The van der Waals surface area contributed by atoms with E-state index in [2.05, 4.69) is 15.8 Å². The Balaban J connectivity index is 1.16. The molecule has 1 heterocycles. The van der Waals surface area contributed by atoms with Crippen molar-refractivity contribution in [1.82, 2.24) is 20.2 Å². The number of aromatic nitrogens is 2. The number of oxime groups is 1. The van der Waals surface area contributed by atoms with Gasteiger partial charge < -0.3 is 35.6 Å². The van der Waals surface area contributed by atoms with Gasteiger partial charge in [-0.3, -0.25) is 4.79 Å². The minimum absolute atomic E-state index is 0.181. The first-order valence-electron chi connectivity index (χ1n) is 16.1. The fourth-order valence-electron chi connectivity index (χ4n) is 5.49. The summed E-state index contributed by atoms with van der Waals surface area (Å²) in [5, 5.41) is 17.3. The molecule has 2 atom stereocenters. The minimum atomic E-state index is -0.920. The largest absolute Gasteiger partial charge is 0.467 e. The number of amides is 2. The van der Waals surface area contributed by atoms with Crippen LogP contribution in [-0.4, -0.2) is 52.1 Å². The fourth-order valence-corrected chi connectivity index (χ4v) is 5.49. The van der Waals surface area contributed by atoms with Crippen LogP contribution in [0.5, 0.6) is 0 Å². The van der Waals surface area contributed by atoms with Crippen molar-refractivity contribution in [1.29, 1.82) is 0 Å². The molecule has 0 saturated carbocycles. The molecule has 2 unspecified atom stereocenters. The van der Waals surface area contributed by atoms with E-state index in [0.717, 1.165) is 45.6 Å². The number of alkyl carbamates (subject to hydrolysis) is 1. The molecule has 1 aromatic heterocycles. The molecular formula is C38H40N6O6. The van der Waals surface area contributed by atoms with Crippen molar-refractivity contribution in [3.05, 3.63) is 136 Å². The lowest BCUT2D eigenvalue weighted by atomic mass is 10.0. The van der Waals surface area contributed by atoms with Crippen molar-refractivity contribution in [2.24, 2.45) is 17.9 Å². The van der Waals surface area contributed by atoms with Gasteiger partial charge in [-0.2, -0.15) is 0 Å². The van der Waals surface area contributed by atoms with Crippen molar-refractivity contribution in [2.75, 3.05) is 7.11 Å². The Labute approximate surface area is 289 Å². The van der Waals surface area contributed by atoms with Crippen LogP contribution in [-0.2, 0) is 53.7 Å². The van der Waals surface area contributed by atoms with E-state index in [4.69, 9.17) is 25.4 Å². The van der Waals surface area contributed by atoms with E-state index >= 15 is 0 Å². The lowest BCUT2D eigenvalue weighted by Gasteiger charge is -2.17. The third kappa shape index (κ3) is 9.32. The van der Waals surface area contributed by atoms with Gasteiger partial charge in [0.15, 0.2) is 0 Å². The van der Waals surface area contributed by atoms with Crippen LogP contribution in [0.15, 0.2) is 102 Å². The van der Waals surface area contributed by atoms with Gasteiger partial charge >= 0.3 is 12.1 Å². The molecule has 258 valence electrons. The van der Waals surface area contributed by atoms with Crippen LogP contribution in [0.4, 0.5) is 4.79 Å². The number of nitrogens with zero attached hydrogens (tertiary/aromatic N) is 3.